The summed E-state index contributed by atoms with van der Waals surface area (Å²) in [5.41, 5.74) is 0.855. The molecule has 0 spiro atoms. The van der Waals surface area contributed by atoms with E-state index in [9.17, 15) is 4.79 Å². The van der Waals surface area contributed by atoms with Crippen LogP contribution in [0.4, 0.5) is 0 Å². The summed E-state index contributed by atoms with van der Waals surface area (Å²) in [6, 6.07) is 9.74. The highest BCUT2D eigenvalue weighted by molar-refractivity contribution is 7.21. The molecule has 136 valence electrons. The Bertz CT molecular complexity index is 949. The fourth-order valence-corrected chi connectivity index (χ4v) is 4.68. The van der Waals surface area contributed by atoms with Crippen LogP contribution in [0.2, 0.25) is 5.15 Å². The van der Waals surface area contributed by atoms with E-state index < -0.39 is 0 Å². The molecule has 3 aromatic rings. The van der Waals surface area contributed by atoms with Gasteiger partial charge in [0.1, 0.15) is 5.15 Å². The Morgan fingerprint density at radius 1 is 1.23 bits per heavy atom. The lowest BCUT2D eigenvalue weighted by molar-refractivity contribution is 0.0945. The van der Waals surface area contributed by atoms with Crippen molar-refractivity contribution in [2.75, 3.05) is 46.3 Å². The minimum atomic E-state index is -0.0412. The van der Waals surface area contributed by atoms with Gasteiger partial charge in [-0.15, -0.1) is 11.3 Å². The molecule has 0 bridgehead atoms. The lowest BCUT2D eigenvalue weighted by Crippen LogP contribution is -2.46. The lowest BCUT2D eigenvalue weighted by atomic mass is 10.2. The zero-order valence-corrected chi connectivity index (χ0v) is 16.2. The van der Waals surface area contributed by atoms with Crippen molar-refractivity contribution in [2.24, 2.45) is 0 Å². The molecule has 4 rings (SSSR count). The van der Waals surface area contributed by atoms with Crippen LogP contribution in [-0.4, -0.2) is 67.0 Å². The van der Waals surface area contributed by atoms with E-state index in [-0.39, 0.29) is 5.91 Å². The summed E-state index contributed by atoms with van der Waals surface area (Å²) in [4.78, 5) is 22.4. The first kappa shape index (κ1) is 17.7. The van der Waals surface area contributed by atoms with E-state index in [0.29, 0.717) is 16.6 Å². The number of hydrogen-bond acceptors (Lipinski definition) is 5. The van der Waals surface area contributed by atoms with Gasteiger partial charge in [0.25, 0.3) is 5.91 Å². The summed E-state index contributed by atoms with van der Waals surface area (Å²) in [6.45, 7) is 5.83. The number of benzene rings is 1. The van der Waals surface area contributed by atoms with E-state index >= 15 is 0 Å². The van der Waals surface area contributed by atoms with Gasteiger partial charge in [0, 0.05) is 54.7 Å². The summed E-state index contributed by atoms with van der Waals surface area (Å²) < 4.78 is 1.02. The molecule has 2 aromatic heterocycles. The van der Waals surface area contributed by atoms with Gasteiger partial charge in [-0.25, -0.2) is 4.98 Å². The average Bonchev–Trinajstić information content (AvgIpc) is 3.10. The second-order valence-electron chi connectivity index (χ2n) is 6.67. The van der Waals surface area contributed by atoms with E-state index in [4.69, 9.17) is 11.6 Å². The number of pyridine rings is 1. The molecule has 7 heteroatoms. The summed E-state index contributed by atoms with van der Waals surface area (Å²) >= 11 is 7.80. The molecule has 1 N–H and O–H groups in total. The van der Waals surface area contributed by atoms with E-state index in [1.165, 1.54) is 11.3 Å². The number of hydrogen-bond donors (Lipinski definition) is 1. The monoisotopic (exact) mass is 388 g/mol. The van der Waals surface area contributed by atoms with Gasteiger partial charge >= 0.3 is 0 Å². The number of piperazine rings is 1. The Labute approximate surface area is 161 Å². The highest BCUT2D eigenvalue weighted by Crippen LogP contribution is 2.35. The van der Waals surface area contributed by atoms with Gasteiger partial charge in [0.15, 0.2) is 0 Å². The molecule has 5 nitrogen and oxygen atoms in total. The Kier molecular flexibility index (Phi) is 5.09. The SMILES string of the molecule is CN1CCN(CCNC(=O)c2cc3c(Cl)nc4ccccc4c3s2)CC1. The third-order valence-electron chi connectivity index (χ3n) is 4.85. The standard InChI is InChI=1S/C19H21ClN4OS/c1-23-8-10-24(11-9-23)7-6-21-19(25)16-12-14-17(26-16)13-4-2-3-5-15(13)22-18(14)20/h2-5,12H,6-11H2,1H3,(H,21,25). The maximum Gasteiger partial charge on any atom is 0.261 e. The fraction of sp³-hybridized carbons (Fsp3) is 0.368. The predicted octanol–water partition coefficient (Wildman–Crippen LogP) is 3.08. The van der Waals surface area contributed by atoms with Crippen molar-refractivity contribution < 1.29 is 4.79 Å². The number of aromatic nitrogens is 1. The summed E-state index contributed by atoms with van der Waals surface area (Å²) in [5.74, 6) is -0.0412. The Hall–Kier alpha value is -1.73. The number of nitrogens with zero attached hydrogens (tertiary/aromatic N) is 3. The van der Waals surface area contributed by atoms with Crippen LogP contribution < -0.4 is 5.32 Å². The summed E-state index contributed by atoms with van der Waals surface area (Å²) in [6.07, 6.45) is 0. The van der Waals surface area contributed by atoms with Gasteiger partial charge in [-0.1, -0.05) is 29.8 Å². The fourth-order valence-electron chi connectivity index (χ4n) is 3.27. The molecule has 0 saturated carbocycles. The zero-order valence-electron chi connectivity index (χ0n) is 14.7. The van der Waals surface area contributed by atoms with Gasteiger partial charge in [-0.2, -0.15) is 0 Å². The second kappa shape index (κ2) is 7.48. The number of rotatable bonds is 4. The molecule has 0 atom stereocenters. The average molecular weight is 389 g/mol. The quantitative estimate of drug-likeness (QED) is 0.698. The van der Waals surface area contributed by atoms with Crippen molar-refractivity contribution in [2.45, 2.75) is 0 Å². The molecular weight excluding hydrogens is 368 g/mol. The first-order chi connectivity index (χ1) is 12.6. The minimum absolute atomic E-state index is 0.0412. The van der Waals surface area contributed by atoms with Crippen LogP contribution in [0.1, 0.15) is 9.67 Å². The zero-order chi connectivity index (χ0) is 18.1. The van der Waals surface area contributed by atoms with E-state index in [1.807, 2.05) is 30.3 Å². The second-order valence-corrected chi connectivity index (χ2v) is 8.08. The molecule has 1 fully saturated rings. The molecule has 1 aromatic carbocycles. The molecule has 3 heterocycles. The van der Waals surface area contributed by atoms with Crippen molar-refractivity contribution in [3.8, 4) is 0 Å². The van der Waals surface area contributed by atoms with Crippen molar-refractivity contribution in [3.05, 3.63) is 40.4 Å². The highest BCUT2D eigenvalue weighted by Gasteiger charge is 2.16. The van der Waals surface area contributed by atoms with Crippen LogP contribution in [0.5, 0.6) is 0 Å². The van der Waals surface area contributed by atoms with Crippen molar-refractivity contribution >= 4 is 49.8 Å². The maximum absolute atomic E-state index is 12.6. The largest absolute Gasteiger partial charge is 0.350 e. The van der Waals surface area contributed by atoms with Crippen LogP contribution in [0.15, 0.2) is 30.3 Å². The van der Waals surface area contributed by atoms with E-state index in [0.717, 1.165) is 53.7 Å². The van der Waals surface area contributed by atoms with Gasteiger partial charge in [0.05, 0.1) is 10.4 Å². The van der Waals surface area contributed by atoms with Crippen molar-refractivity contribution in [1.29, 1.82) is 0 Å². The number of likely N-dealkylation sites (N-methyl/N-ethyl adjacent to an activating group) is 1. The van der Waals surface area contributed by atoms with Gasteiger partial charge in [-0.05, 0) is 19.2 Å². The van der Waals surface area contributed by atoms with E-state index in [1.54, 1.807) is 0 Å². The van der Waals surface area contributed by atoms with Crippen LogP contribution in [0.25, 0.3) is 21.0 Å². The van der Waals surface area contributed by atoms with Crippen molar-refractivity contribution in [1.82, 2.24) is 20.1 Å². The molecular formula is C19H21ClN4OS. The normalized spacial score (nSPS) is 16.4. The number of nitrogens with one attached hydrogen (secondary N) is 1. The third kappa shape index (κ3) is 3.55. The molecule has 0 aliphatic carbocycles. The van der Waals surface area contributed by atoms with Crippen LogP contribution >= 0.6 is 22.9 Å². The molecule has 0 unspecified atom stereocenters. The first-order valence-electron chi connectivity index (χ1n) is 8.79. The molecule has 1 aliphatic rings. The summed E-state index contributed by atoms with van der Waals surface area (Å²) in [7, 11) is 2.14. The number of halogens is 1. The first-order valence-corrected chi connectivity index (χ1v) is 9.98. The Balaban J connectivity index is 1.47. The molecule has 1 saturated heterocycles. The Morgan fingerprint density at radius 3 is 2.81 bits per heavy atom. The predicted molar refractivity (Wildman–Crippen MR) is 108 cm³/mol. The summed E-state index contributed by atoms with van der Waals surface area (Å²) in [5, 5.41) is 5.37. The number of carbonyl (C=O) groups excluding carboxylic acids is 1. The van der Waals surface area contributed by atoms with Crippen LogP contribution in [0.3, 0.4) is 0 Å². The van der Waals surface area contributed by atoms with Gasteiger partial charge in [-0.3, -0.25) is 9.69 Å². The van der Waals surface area contributed by atoms with Crippen LogP contribution in [0, 0.1) is 0 Å². The minimum Gasteiger partial charge on any atom is -0.350 e. The number of thiophene rings is 1. The number of carbonyl (C=O) groups is 1. The lowest BCUT2D eigenvalue weighted by Gasteiger charge is -2.32. The Morgan fingerprint density at radius 2 is 2.00 bits per heavy atom. The molecule has 1 amide bonds. The number of fused-ring (bicyclic) bond motifs is 3. The highest BCUT2D eigenvalue weighted by atomic mass is 35.5. The van der Waals surface area contributed by atoms with Gasteiger partial charge < -0.3 is 10.2 Å². The smallest absolute Gasteiger partial charge is 0.261 e. The van der Waals surface area contributed by atoms with Crippen molar-refractivity contribution in [3.63, 3.8) is 0 Å². The van der Waals surface area contributed by atoms with Gasteiger partial charge in [0.2, 0.25) is 0 Å². The third-order valence-corrected chi connectivity index (χ3v) is 6.31. The molecule has 26 heavy (non-hydrogen) atoms. The topological polar surface area (TPSA) is 48.5 Å². The molecule has 0 radical (unpaired) electrons. The number of para-hydroxylation sites is 1. The van der Waals surface area contributed by atoms with E-state index in [2.05, 4.69) is 27.1 Å². The maximum atomic E-state index is 12.6. The molecule has 1 aliphatic heterocycles. The van der Waals surface area contributed by atoms with Crippen LogP contribution in [-0.2, 0) is 0 Å². The number of amides is 1.